The van der Waals surface area contributed by atoms with Crippen molar-refractivity contribution in [1.29, 1.82) is 0 Å². The van der Waals surface area contributed by atoms with Gasteiger partial charge in [0.15, 0.2) is 0 Å². The number of urea groups is 1. The second-order valence-electron chi connectivity index (χ2n) is 7.09. The van der Waals surface area contributed by atoms with Crippen LogP contribution in [0.1, 0.15) is 50.5 Å². The summed E-state index contributed by atoms with van der Waals surface area (Å²) in [6, 6.07) is 4.20. The molecule has 1 heterocycles. The fourth-order valence-electron chi connectivity index (χ4n) is 3.68. The quantitative estimate of drug-likeness (QED) is 0.878. The van der Waals surface area contributed by atoms with E-state index in [1.165, 1.54) is 12.5 Å². The first-order valence-corrected chi connectivity index (χ1v) is 9.19. The molecule has 2 N–H and O–H groups in total. The van der Waals surface area contributed by atoms with Gasteiger partial charge in [-0.3, -0.25) is 4.79 Å². The zero-order chi connectivity index (χ0) is 17.8. The number of halogens is 1. The Bertz CT molecular complexity index is 644. The van der Waals surface area contributed by atoms with E-state index in [0.717, 1.165) is 32.1 Å². The van der Waals surface area contributed by atoms with Crippen LogP contribution < -0.4 is 10.6 Å². The van der Waals surface area contributed by atoms with Crippen LogP contribution in [0.4, 0.5) is 14.9 Å². The van der Waals surface area contributed by atoms with E-state index in [1.54, 1.807) is 24.0 Å². The van der Waals surface area contributed by atoms with Gasteiger partial charge < -0.3 is 15.5 Å². The molecular formula is C19H26FN3O2. The SMILES string of the molecule is Cc1ccc(NC(=O)[C@H]2CCCN2C(=O)NC2CCCCC2)cc1F. The Kier molecular flexibility index (Phi) is 5.56. The molecular weight excluding hydrogens is 321 g/mol. The van der Waals surface area contributed by atoms with Crippen molar-refractivity contribution in [2.45, 2.75) is 64.0 Å². The van der Waals surface area contributed by atoms with Gasteiger partial charge in [-0.1, -0.05) is 25.3 Å². The van der Waals surface area contributed by atoms with E-state index in [4.69, 9.17) is 0 Å². The molecule has 1 aromatic carbocycles. The fraction of sp³-hybridized carbons (Fsp3) is 0.579. The highest BCUT2D eigenvalue weighted by Gasteiger charge is 2.35. The van der Waals surface area contributed by atoms with Gasteiger partial charge in [0.05, 0.1) is 0 Å². The molecule has 1 atom stereocenters. The summed E-state index contributed by atoms with van der Waals surface area (Å²) < 4.78 is 13.6. The third kappa shape index (κ3) is 4.30. The molecule has 3 rings (SSSR count). The Labute approximate surface area is 148 Å². The summed E-state index contributed by atoms with van der Waals surface area (Å²) in [7, 11) is 0. The zero-order valence-corrected chi connectivity index (χ0v) is 14.7. The van der Waals surface area contributed by atoms with Crippen molar-refractivity contribution in [2.24, 2.45) is 0 Å². The van der Waals surface area contributed by atoms with Crippen LogP contribution in [0, 0.1) is 12.7 Å². The summed E-state index contributed by atoms with van der Waals surface area (Å²) in [5, 5.41) is 5.81. The van der Waals surface area contributed by atoms with E-state index in [-0.39, 0.29) is 23.8 Å². The number of benzene rings is 1. The molecule has 2 fully saturated rings. The van der Waals surface area contributed by atoms with Crippen molar-refractivity contribution in [1.82, 2.24) is 10.2 Å². The predicted octanol–water partition coefficient (Wildman–Crippen LogP) is 3.58. The number of carbonyl (C=O) groups excluding carboxylic acids is 2. The van der Waals surface area contributed by atoms with Crippen LogP contribution >= 0.6 is 0 Å². The average molecular weight is 347 g/mol. The van der Waals surface area contributed by atoms with Crippen LogP contribution in [0.3, 0.4) is 0 Å². The molecule has 6 heteroatoms. The van der Waals surface area contributed by atoms with Gasteiger partial charge in [0.2, 0.25) is 5.91 Å². The van der Waals surface area contributed by atoms with Gasteiger partial charge in [-0.25, -0.2) is 9.18 Å². The van der Waals surface area contributed by atoms with E-state index in [1.807, 2.05) is 0 Å². The third-order valence-corrected chi connectivity index (χ3v) is 5.19. The van der Waals surface area contributed by atoms with E-state index in [2.05, 4.69) is 10.6 Å². The maximum Gasteiger partial charge on any atom is 0.318 e. The van der Waals surface area contributed by atoms with Gasteiger partial charge in [0, 0.05) is 18.3 Å². The molecule has 0 bridgehead atoms. The van der Waals surface area contributed by atoms with Crippen LogP contribution in [0.15, 0.2) is 18.2 Å². The number of aryl methyl sites for hydroxylation is 1. The molecule has 136 valence electrons. The van der Waals surface area contributed by atoms with Gasteiger partial charge in [-0.2, -0.15) is 0 Å². The summed E-state index contributed by atoms with van der Waals surface area (Å²) in [6.45, 7) is 2.26. The molecule has 0 unspecified atom stereocenters. The van der Waals surface area contributed by atoms with E-state index in [0.29, 0.717) is 24.2 Å². The highest BCUT2D eigenvalue weighted by molar-refractivity contribution is 5.97. The van der Waals surface area contributed by atoms with Crippen LogP contribution in [0.5, 0.6) is 0 Å². The number of nitrogens with one attached hydrogen (secondary N) is 2. The van der Waals surface area contributed by atoms with Gasteiger partial charge in [0.1, 0.15) is 11.9 Å². The molecule has 1 aliphatic carbocycles. The second kappa shape index (κ2) is 7.85. The molecule has 0 spiro atoms. The number of carbonyl (C=O) groups is 2. The second-order valence-corrected chi connectivity index (χ2v) is 7.09. The van der Waals surface area contributed by atoms with Crippen molar-refractivity contribution >= 4 is 17.6 Å². The lowest BCUT2D eigenvalue weighted by Gasteiger charge is -2.29. The van der Waals surface area contributed by atoms with Crippen LogP contribution in [-0.2, 0) is 4.79 Å². The van der Waals surface area contributed by atoms with E-state index in [9.17, 15) is 14.0 Å². The zero-order valence-electron chi connectivity index (χ0n) is 14.7. The first-order chi connectivity index (χ1) is 12.0. The number of nitrogens with zero attached hydrogens (tertiary/aromatic N) is 1. The topological polar surface area (TPSA) is 61.4 Å². The molecule has 5 nitrogen and oxygen atoms in total. The number of hydrogen-bond acceptors (Lipinski definition) is 2. The Hall–Kier alpha value is -2.11. The summed E-state index contributed by atoms with van der Waals surface area (Å²) in [5.41, 5.74) is 0.958. The number of amides is 3. The first-order valence-electron chi connectivity index (χ1n) is 9.19. The van der Waals surface area contributed by atoms with Crippen molar-refractivity contribution < 1.29 is 14.0 Å². The maximum atomic E-state index is 13.6. The summed E-state index contributed by atoms with van der Waals surface area (Å²) in [6.07, 6.45) is 6.99. The number of anilines is 1. The lowest BCUT2D eigenvalue weighted by Crippen LogP contribution is -2.50. The van der Waals surface area contributed by atoms with Gasteiger partial charge in [-0.15, -0.1) is 0 Å². The molecule has 3 amide bonds. The Balaban J connectivity index is 1.60. The normalized spacial score (nSPS) is 21.2. The average Bonchev–Trinajstić information content (AvgIpc) is 3.09. The molecule has 2 aliphatic rings. The predicted molar refractivity (Wildman–Crippen MR) is 94.9 cm³/mol. The number of hydrogen-bond donors (Lipinski definition) is 2. The van der Waals surface area contributed by atoms with Crippen LogP contribution in [0.2, 0.25) is 0 Å². The Morgan fingerprint density at radius 1 is 1.12 bits per heavy atom. The summed E-state index contributed by atoms with van der Waals surface area (Å²) >= 11 is 0. The standard InChI is InChI=1S/C19H26FN3O2/c1-13-9-10-15(12-16(13)20)21-18(24)17-8-5-11-23(17)19(25)22-14-6-3-2-4-7-14/h9-10,12,14,17H,2-8,11H2,1H3,(H,21,24)(H,22,25)/t17-/m1/s1. The lowest BCUT2D eigenvalue weighted by molar-refractivity contribution is -0.119. The lowest BCUT2D eigenvalue weighted by atomic mass is 9.96. The van der Waals surface area contributed by atoms with Crippen molar-refractivity contribution in [2.75, 3.05) is 11.9 Å². The highest BCUT2D eigenvalue weighted by Crippen LogP contribution is 2.22. The van der Waals surface area contributed by atoms with E-state index >= 15 is 0 Å². The van der Waals surface area contributed by atoms with Crippen molar-refractivity contribution in [3.8, 4) is 0 Å². The minimum absolute atomic E-state index is 0.153. The molecule has 1 aliphatic heterocycles. The molecule has 1 aromatic rings. The monoisotopic (exact) mass is 347 g/mol. The van der Waals surface area contributed by atoms with Gasteiger partial charge >= 0.3 is 6.03 Å². The van der Waals surface area contributed by atoms with Crippen LogP contribution in [-0.4, -0.2) is 35.5 Å². The Morgan fingerprint density at radius 3 is 2.60 bits per heavy atom. The minimum atomic E-state index is -0.493. The molecule has 1 saturated carbocycles. The summed E-state index contributed by atoms with van der Waals surface area (Å²) in [4.78, 5) is 26.7. The molecule has 1 saturated heterocycles. The van der Waals surface area contributed by atoms with Crippen LogP contribution in [0.25, 0.3) is 0 Å². The molecule has 25 heavy (non-hydrogen) atoms. The van der Waals surface area contributed by atoms with Crippen molar-refractivity contribution in [3.63, 3.8) is 0 Å². The number of rotatable bonds is 3. The van der Waals surface area contributed by atoms with Gasteiger partial charge in [0.25, 0.3) is 0 Å². The largest absolute Gasteiger partial charge is 0.335 e. The molecule has 0 radical (unpaired) electrons. The minimum Gasteiger partial charge on any atom is -0.335 e. The van der Waals surface area contributed by atoms with E-state index < -0.39 is 6.04 Å². The fourth-order valence-corrected chi connectivity index (χ4v) is 3.68. The maximum absolute atomic E-state index is 13.6. The summed E-state index contributed by atoms with van der Waals surface area (Å²) in [5.74, 6) is -0.601. The number of likely N-dealkylation sites (tertiary alicyclic amines) is 1. The Morgan fingerprint density at radius 2 is 1.88 bits per heavy atom. The third-order valence-electron chi connectivity index (χ3n) is 5.19. The van der Waals surface area contributed by atoms with Gasteiger partial charge in [-0.05, 0) is 50.3 Å². The smallest absolute Gasteiger partial charge is 0.318 e. The first kappa shape index (κ1) is 17.7. The highest BCUT2D eigenvalue weighted by atomic mass is 19.1. The molecule has 0 aromatic heterocycles. The van der Waals surface area contributed by atoms with Crippen molar-refractivity contribution in [3.05, 3.63) is 29.6 Å².